The van der Waals surface area contributed by atoms with Gasteiger partial charge in [-0.3, -0.25) is 20.3 Å². The van der Waals surface area contributed by atoms with Crippen LogP contribution in [0.5, 0.6) is 0 Å². The van der Waals surface area contributed by atoms with Crippen molar-refractivity contribution in [3.63, 3.8) is 0 Å². The second-order valence-corrected chi connectivity index (χ2v) is 20.6. The summed E-state index contributed by atoms with van der Waals surface area (Å²) < 4.78 is 33.9. The number of carbonyl (C=O) groups is 4. The predicted octanol–water partition coefficient (Wildman–Crippen LogP) is 5.53. The van der Waals surface area contributed by atoms with Crippen LogP contribution in [0.2, 0.25) is 19.6 Å². The summed E-state index contributed by atoms with van der Waals surface area (Å²) in [6.45, 7) is 15.5. The zero-order valence-corrected chi connectivity index (χ0v) is 32.7. The molecule has 3 atom stereocenters. The highest BCUT2D eigenvalue weighted by Gasteiger charge is 2.51. The summed E-state index contributed by atoms with van der Waals surface area (Å²) in [6.07, 6.45) is 1.68. The normalized spacial score (nSPS) is 22.0. The molecule has 16 nitrogen and oxygen atoms in total. The fourth-order valence-electron chi connectivity index (χ4n) is 5.90. The number of aromatic amines is 1. The molecule has 1 saturated heterocycles. The van der Waals surface area contributed by atoms with Gasteiger partial charge in [0.1, 0.15) is 30.7 Å². The van der Waals surface area contributed by atoms with Crippen molar-refractivity contribution >= 4 is 44.6 Å². The highest BCUT2D eigenvalue weighted by Crippen LogP contribution is 2.41. The van der Waals surface area contributed by atoms with Crippen molar-refractivity contribution in [1.29, 1.82) is 10.7 Å². The zero-order chi connectivity index (χ0) is 39.0. The fourth-order valence-corrected chi connectivity index (χ4v) is 7.04. The van der Waals surface area contributed by atoms with Gasteiger partial charge < -0.3 is 38.4 Å². The van der Waals surface area contributed by atoms with Gasteiger partial charge in [-0.1, -0.05) is 19.3 Å². The topological polar surface area (TPSA) is 224 Å². The number of nitriles is 1. The van der Waals surface area contributed by atoms with E-state index in [1.165, 1.54) is 0 Å². The highest BCUT2D eigenvalue weighted by molar-refractivity contribution is 6.69. The van der Waals surface area contributed by atoms with E-state index >= 15 is 0 Å². The summed E-state index contributed by atoms with van der Waals surface area (Å²) in [4.78, 5) is 57.4. The van der Waals surface area contributed by atoms with Crippen LogP contribution in [0.4, 0.5) is 9.59 Å². The summed E-state index contributed by atoms with van der Waals surface area (Å²) in [5.74, 6) is -1.19. The number of esters is 2. The van der Waals surface area contributed by atoms with E-state index in [0.717, 1.165) is 19.3 Å². The first-order valence-electron chi connectivity index (χ1n) is 17.4. The van der Waals surface area contributed by atoms with Crippen LogP contribution in [0.15, 0.2) is 17.1 Å². The van der Waals surface area contributed by atoms with Crippen LogP contribution >= 0.6 is 0 Å². The molecule has 288 valence electrons. The van der Waals surface area contributed by atoms with E-state index in [4.69, 9.17) is 33.5 Å². The molecule has 1 unspecified atom stereocenters. The standard InChI is InChI=1S/C35H54N6O10Si/c1-32(2,3)29(43)47-22-48-30(44)40-28(38-21-37)23-13-14-26(39-23)35(20-36)17-24(51-52(7,8)9)25(49-35)19-46-27(42)18-34(15-11-10-12-16-34)41-31(45)50-33(4,5)6/h13-14,21,24-25,39H,10-12,15-19,22H2,1-9H3,(H,41,45)(H2,37,38,40,44)/t24?,25-,35+/m1/s1. The number of alkyl carbamates (subject to hydrolysis) is 2. The van der Waals surface area contributed by atoms with Gasteiger partial charge >= 0.3 is 24.1 Å². The Hall–Kier alpha value is -4.27. The van der Waals surface area contributed by atoms with E-state index in [1.807, 2.05) is 19.6 Å². The third-order valence-electron chi connectivity index (χ3n) is 8.19. The van der Waals surface area contributed by atoms with Gasteiger partial charge in [0.25, 0.3) is 0 Å². The maximum absolute atomic E-state index is 13.3. The van der Waals surface area contributed by atoms with Gasteiger partial charge in [0.2, 0.25) is 6.79 Å². The molecule has 2 fully saturated rings. The van der Waals surface area contributed by atoms with Gasteiger partial charge in [-0.25, -0.2) is 14.6 Å². The number of hydrogen-bond donors (Lipinski definition) is 4. The van der Waals surface area contributed by atoms with Crippen LogP contribution in [0.1, 0.15) is 97.9 Å². The zero-order valence-electron chi connectivity index (χ0n) is 31.7. The van der Waals surface area contributed by atoms with Crippen molar-refractivity contribution in [2.45, 2.75) is 135 Å². The lowest BCUT2D eigenvalue weighted by molar-refractivity contribution is -0.161. The predicted molar refractivity (Wildman–Crippen MR) is 192 cm³/mol. The van der Waals surface area contributed by atoms with E-state index in [2.05, 4.69) is 26.7 Å². The maximum Gasteiger partial charge on any atom is 0.415 e. The summed E-state index contributed by atoms with van der Waals surface area (Å²) in [7, 11) is -2.19. The van der Waals surface area contributed by atoms with Crippen molar-refractivity contribution in [1.82, 2.24) is 15.6 Å². The number of nitrogens with one attached hydrogen (secondary N) is 4. The molecule has 1 aromatic rings. The van der Waals surface area contributed by atoms with Gasteiger partial charge in [0.05, 0.1) is 34.9 Å². The average Bonchev–Trinajstić information content (AvgIpc) is 3.64. The van der Waals surface area contributed by atoms with Crippen LogP contribution in [-0.2, 0) is 43.3 Å². The maximum atomic E-state index is 13.3. The Morgan fingerprint density at radius 1 is 1.06 bits per heavy atom. The van der Waals surface area contributed by atoms with Crippen LogP contribution in [0, 0.1) is 22.2 Å². The lowest BCUT2D eigenvalue weighted by Crippen LogP contribution is -2.52. The van der Waals surface area contributed by atoms with Crippen LogP contribution in [0.3, 0.4) is 0 Å². The number of rotatable bonds is 12. The van der Waals surface area contributed by atoms with E-state index in [1.54, 1.807) is 53.7 Å². The third kappa shape index (κ3) is 12.4. The quantitative estimate of drug-likeness (QED) is 0.0520. The van der Waals surface area contributed by atoms with Crippen molar-refractivity contribution in [3.8, 4) is 6.07 Å². The molecule has 0 spiro atoms. The summed E-state index contributed by atoms with van der Waals surface area (Å²) >= 11 is 0. The molecule has 4 N–H and O–H groups in total. The Balaban J connectivity index is 1.74. The molecule has 2 aliphatic rings. The second kappa shape index (κ2) is 17.0. The summed E-state index contributed by atoms with van der Waals surface area (Å²) in [5.41, 5.74) is -3.29. The molecule has 0 aromatic carbocycles. The first-order chi connectivity index (χ1) is 24.1. The fraction of sp³-hybridized carbons (Fsp3) is 0.686. The Bertz CT molecular complexity index is 1530. The van der Waals surface area contributed by atoms with Crippen molar-refractivity contribution < 1.29 is 47.3 Å². The Morgan fingerprint density at radius 3 is 2.31 bits per heavy atom. The van der Waals surface area contributed by atoms with Gasteiger partial charge in [-0.05, 0) is 86.2 Å². The van der Waals surface area contributed by atoms with E-state index < -0.39 is 73.6 Å². The van der Waals surface area contributed by atoms with E-state index in [9.17, 15) is 24.4 Å². The number of hydrogen-bond acceptors (Lipinski definition) is 12. The molecule has 17 heteroatoms. The van der Waals surface area contributed by atoms with Crippen LogP contribution in [-0.4, -0.2) is 86.3 Å². The largest absolute Gasteiger partial charge is 0.463 e. The number of aromatic nitrogens is 1. The third-order valence-corrected chi connectivity index (χ3v) is 9.20. The molecular formula is C35H54N6O10Si. The Kier molecular flexibility index (Phi) is 13.8. The Morgan fingerprint density at radius 2 is 1.73 bits per heavy atom. The molecule has 1 aliphatic carbocycles. The molecule has 3 rings (SSSR count). The molecule has 0 bridgehead atoms. The minimum atomic E-state index is -2.19. The number of H-pyrrole nitrogens is 1. The minimum Gasteiger partial charge on any atom is -0.463 e. The first kappa shape index (κ1) is 42.1. The lowest BCUT2D eigenvalue weighted by Gasteiger charge is -2.37. The lowest BCUT2D eigenvalue weighted by atomic mass is 9.79. The molecule has 1 saturated carbocycles. The molecule has 1 aliphatic heterocycles. The highest BCUT2D eigenvalue weighted by atomic mass is 28.4. The van der Waals surface area contributed by atoms with Gasteiger partial charge in [0, 0.05) is 6.42 Å². The van der Waals surface area contributed by atoms with Gasteiger partial charge in [-0.2, -0.15) is 5.26 Å². The molecule has 0 radical (unpaired) electrons. The number of ether oxygens (including phenoxy) is 5. The summed E-state index contributed by atoms with van der Waals surface area (Å²) in [5, 5.41) is 23.3. The van der Waals surface area contributed by atoms with Crippen molar-refractivity contribution in [2.24, 2.45) is 10.4 Å². The molecule has 52 heavy (non-hydrogen) atoms. The van der Waals surface area contributed by atoms with E-state index in [0.29, 0.717) is 24.9 Å². The van der Waals surface area contributed by atoms with Crippen LogP contribution < -0.4 is 10.6 Å². The monoisotopic (exact) mass is 746 g/mol. The first-order valence-corrected chi connectivity index (χ1v) is 20.8. The SMILES string of the molecule is CC(C)(C)OC(=O)NC1(CC(=O)OC[C@H]2O[C@@](C#N)(c3ccc(C(=NC=N)NC(=O)OCOC(=O)C(C)(C)C)[nH]3)CC2O[Si](C)(C)C)CCCCC1. The van der Waals surface area contributed by atoms with Crippen LogP contribution in [0.25, 0.3) is 0 Å². The van der Waals surface area contributed by atoms with Gasteiger partial charge in [-0.15, -0.1) is 0 Å². The molecule has 1 aromatic heterocycles. The molecular weight excluding hydrogens is 693 g/mol. The van der Waals surface area contributed by atoms with Gasteiger partial charge in [0.15, 0.2) is 19.8 Å². The number of amides is 2. The van der Waals surface area contributed by atoms with Crippen molar-refractivity contribution in [2.75, 3.05) is 13.4 Å². The summed E-state index contributed by atoms with van der Waals surface area (Å²) in [6, 6.07) is 5.38. The molecule has 2 heterocycles. The number of carbonyl (C=O) groups excluding carboxylic acids is 4. The second-order valence-electron chi connectivity index (χ2n) is 16.1. The number of amidine groups is 1. The smallest absolute Gasteiger partial charge is 0.415 e. The average molecular weight is 747 g/mol. The minimum absolute atomic E-state index is 0.0501. The number of nitrogens with zero attached hydrogens (tertiary/aromatic N) is 2. The molecule has 2 amide bonds. The van der Waals surface area contributed by atoms with Crippen molar-refractivity contribution in [3.05, 3.63) is 23.5 Å². The number of aliphatic imine (C=N–C) groups is 1. The van der Waals surface area contributed by atoms with E-state index in [-0.39, 0.29) is 31.0 Å². The Labute approximate surface area is 306 Å².